The van der Waals surface area contributed by atoms with Gasteiger partial charge in [0.25, 0.3) is 0 Å². The van der Waals surface area contributed by atoms with E-state index in [0.717, 1.165) is 18.2 Å². The zero-order valence-corrected chi connectivity index (χ0v) is 12.9. The molecule has 0 spiro atoms. The summed E-state index contributed by atoms with van der Waals surface area (Å²) in [6.45, 7) is 6.94. The lowest BCUT2D eigenvalue weighted by Crippen LogP contribution is -2.48. The van der Waals surface area contributed by atoms with E-state index < -0.39 is 0 Å². The van der Waals surface area contributed by atoms with E-state index in [4.69, 9.17) is 9.47 Å². The van der Waals surface area contributed by atoms with Crippen LogP contribution in [-0.4, -0.2) is 32.9 Å². The van der Waals surface area contributed by atoms with Crippen LogP contribution in [0, 0.1) is 5.92 Å². The summed E-state index contributed by atoms with van der Waals surface area (Å²) < 4.78 is 10.6. The van der Waals surface area contributed by atoms with Crippen molar-refractivity contribution >= 4 is 0 Å². The fourth-order valence-corrected chi connectivity index (χ4v) is 2.88. The number of ether oxygens (including phenoxy) is 2. The quantitative estimate of drug-likeness (QED) is 0.740. The first-order valence-corrected chi connectivity index (χ1v) is 7.71. The Hall–Kier alpha value is -1.06. The highest BCUT2D eigenvalue weighted by molar-refractivity contribution is 5.31. The predicted molar refractivity (Wildman–Crippen MR) is 82.4 cm³/mol. The summed E-state index contributed by atoms with van der Waals surface area (Å²) in [5.74, 6) is 2.35. The largest absolute Gasteiger partial charge is 0.491 e. The third-order valence-corrected chi connectivity index (χ3v) is 4.30. The Kier molecular flexibility index (Phi) is 5.86. The molecular formula is C17H27NO2. The van der Waals surface area contributed by atoms with Crippen LogP contribution in [0.1, 0.15) is 38.2 Å². The molecule has 3 nitrogen and oxygen atoms in total. The molecule has 0 heterocycles. The molecule has 112 valence electrons. The molecule has 1 saturated carbocycles. The van der Waals surface area contributed by atoms with Gasteiger partial charge in [0.05, 0.1) is 6.61 Å². The molecule has 0 amide bonds. The average molecular weight is 277 g/mol. The smallest absolute Gasteiger partial charge is 0.119 e. The lowest BCUT2D eigenvalue weighted by atomic mass is 9.67. The highest BCUT2D eigenvalue weighted by Crippen LogP contribution is 2.42. The molecular weight excluding hydrogens is 250 g/mol. The minimum absolute atomic E-state index is 0.610. The molecule has 20 heavy (non-hydrogen) atoms. The van der Waals surface area contributed by atoms with Gasteiger partial charge in [-0.15, -0.1) is 0 Å². The number of nitrogens with one attached hydrogen (secondary N) is 1. The molecule has 0 radical (unpaired) electrons. The minimum Gasteiger partial charge on any atom is -0.491 e. The summed E-state index contributed by atoms with van der Waals surface area (Å²) in [6, 6.07) is 9.26. The third kappa shape index (κ3) is 3.74. The highest BCUT2D eigenvalue weighted by atomic mass is 16.5. The van der Waals surface area contributed by atoms with Crippen molar-refractivity contribution in [2.24, 2.45) is 5.92 Å². The van der Waals surface area contributed by atoms with Crippen molar-refractivity contribution in [2.45, 2.75) is 38.6 Å². The van der Waals surface area contributed by atoms with Crippen LogP contribution in [-0.2, 0) is 4.74 Å². The van der Waals surface area contributed by atoms with Crippen molar-refractivity contribution in [1.82, 2.24) is 5.32 Å². The fourth-order valence-electron chi connectivity index (χ4n) is 2.88. The van der Waals surface area contributed by atoms with Crippen molar-refractivity contribution in [3.05, 3.63) is 29.8 Å². The number of benzene rings is 1. The van der Waals surface area contributed by atoms with Crippen molar-refractivity contribution in [3.8, 4) is 5.75 Å². The number of hydrogen-bond donors (Lipinski definition) is 1. The van der Waals surface area contributed by atoms with Crippen LogP contribution in [0.25, 0.3) is 0 Å². The monoisotopic (exact) mass is 277 g/mol. The van der Waals surface area contributed by atoms with Crippen LogP contribution in [0.3, 0.4) is 0 Å². The van der Waals surface area contributed by atoms with Gasteiger partial charge in [0.2, 0.25) is 0 Å². The van der Waals surface area contributed by atoms with Crippen LogP contribution in [0.5, 0.6) is 5.75 Å². The van der Waals surface area contributed by atoms with Gasteiger partial charge in [-0.1, -0.05) is 26.0 Å². The van der Waals surface area contributed by atoms with Gasteiger partial charge in [0.1, 0.15) is 12.4 Å². The third-order valence-electron chi connectivity index (χ3n) is 4.30. The first-order chi connectivity index (χ1) is 9.76. The summed E-state index contributed by atoms with van der Waals surface area (Å²) >= 11 is 0. The zero-order chi connectivity index (χ0) is 14.4. The second-order valence-electron chi connectivity index (χ2n) is 5.67. The topological polar surface area (TPSA) is 30.5 Å². The van der Waals surface area contributed by atoms with Gasteiger partial charge in [0, 0.05) is 13.2 Å². The van der Waals surface area contributed by atoms with E-state index in [2.05, 4.69) is 43.4 Å². The maximum Gasteiger partial charge on any atom is 0.119 e. The summed E-state index contributed by atoms with van der Waals surface area (Å²) in [7, 11) is 1.69. The normalized spacial score (nSPS) is 25.2. The van der Waals surface area contributed by atoms with Crippen molar-refractivity contribution in [1.29, 1.82) is 0 Å². The van der Waals surface area contributed by atoms with Crippen LogP contribution < -0.4 is 10.1 Å². The molecule has 2 rings (SSSR count). The maximum atomic E-state index is 5.60. The summed E-state index contributed by atoms with van der Waals surface area (Å²) in [6.07, 6.45) is 2.46. The molecule has 0 saturated heterocycles. The molecule has 1 aliphatic carbocycles. The van der Waals surface area contributed by atoms with E-state index >= 15 is 0 Å². The second-order valence-corrected chi connectivity index (χ2v) is 5.67. The van der Waals surface area contributed by atoms with E-state index in [1.165, 1.54) is 18.4 Å². The molecule has 1 aromatic rings. The average Bonchev–Trinajstić information content (AvgIpc) is 2.47. The Bertz CT molecular complexity index is 390. The molecule has 1 aromatic carbocycles. The molecule has 1 fully saturated rings. The van der Waals surface area contributed by atoms with Gasteiger partial charge < -0.3 is 14.8 Å². The Morgan fingerprint density at radius 1 is 1.20 bits per heavy atom. The number of hydrogen-bond acceptors (Lipinski definition) is 3. The van der Waals surface area contributed by atoms with Gasteiger partial charge in [-0.2, -0.15) is 0 Å². The maximum absolute atomic E-state index is 5.60. The molecule has 3 heteroatoms. The Balaban J connectivity index is 1.82. The molecule has 3 atom stereocenters. The first kappa shape index (κ1) is 15.3. The molecule has 3 unspecified atom stereocenters. The predicted octanol–water partition coefficient (Wildman–Crippen LogP) is 3.20. The van der Waals surface area contributed by atoms with Crippen molar-refractivity contribution < 1.29 is 9.47 Å². The molecule has 0 aliphatic heterocycles. The second kappa shape index (κ2) is 7.65. The van der Waals surface area contributed by atoms with E-state index in [-0.39, 0.29) is 0 Å². The molecule has 1 aliphatic rings. The van der Waals surface area contributed by atoms with E-state index in [9.17, 15) is 0 Å². The van der Waals surface area contributed by atoms with Crippen LogP contribution in [0.2, 0.25) is 0 Å². The lowest BCUT2D eigenvalue weighted by molar-refractivity contribution is 0.146. The first-order valence-electron chi connectivity index (χ1n) is 7.71. The molecule has 0 aromatic heterocycles. The van der Waals surface area contributed by atoms with Crippen LogP contribution in [0.4, 0.5) is 0 Å². The SMILES string of the molecule is CCCNC1CC(c2ccc(OCCOC)cc2)C1C. The number of rotatable bonds is 8. The van der Waals surface area contributed by atoms with Gasteiger partial charge in [-0.05, 0) is 48.9 Å². The molecule has 1 N–H and O–H groups in total. The van der Waals surface area contributed by atoms with E-state index in [0.29, 0.717) is 25.2 Å². The number of methoxy groups -OCH3 is 1. The summed E-state index contributed by atoms with van der Waals surface area (Å²) in [5, 5.41) is 3.63. The van der Waals surface area contributed by atoms with Gasteiger partial charge >= 0.3 is 0 Å². The lowest BCUT2D eigenvalue weighted by Gasteiger charge is -2.44. The van der Waals surface area contributed by atoms with E-state index in [1.54, 1.807) is 7.11 Å². The summed E-state index contributed by atoms with van der Waals surface area (Å²) in [4.78, 5) is 0. The zero-order valence-electron chi connectivity index (χ0n) is 12.9. The summed E-state index contributed by atoms with van der Waals surface area (Å²) in [5.41, 5.74) is 1.44. The fraction of sp³-hybridized carbons (Fsp3) is 0.647. The van der Waals surface area contributed by atoms with Gasteiger partial charge in [-0.3, -0.25) is 0 Å². The van der Waals surface area contributed by atoms with E-state index in [1.807, 2.05) is 0 Å². The van der Waals surface area contributed by atoms with Crippen LogP contribution >= 0.6 is 0 Å². The van der Waals surface area contributed by atoms with Gasteiger partial charge in [0.15, 0.2) is 0 Å². The highest BCUT2D eigenvalue weighted by Gasteiger charge is 2.37. The van der Waals surface area contributed by atoms with Crippen molar-refractivity contribution in [3.63, 3.8) is 0 Å². The van der Waals surface area contributed by atoms with Crippen molar-refractivity contribution in [2.75, 3.05) is 26.9 Å². The molecule has 0 bridgehead atoms. The minimum atomic E-state index is 0.610. The Morgan fingerprint density at radius 3 is 2.55 bits per heavy atom. The Labute approximate surface area is 122 Å². The Morgan fingerprint density at radius 2 is 1.95 bits per heavy atom. The van der Waals surface area contributed by atoms with Gasteiger partial charge in [-0.25, -0.2) is 0 Å². The standard InChI is InChI=1S/C17H27NO2/c1-4-9-18-17-12-16(13(17)2)14-5-7-15(8-6-14)20-11-10-19-3/h5-8,13,16-18H,4,9-12H2,1-3H3. The van der Waals surface area contributed by atoms with Crippen LogP contribution in [0.15, 0.2) is 24.3 Å².